The zero-order valence-corrected chi connectivity index (χ0v) is 13.2. The molecule has 0 bridgehead atoms. The number of esters is 1. The maximum atomic E-state index is 11.3. The Labute approximate surface area is 133 Å². The number of ether oxygens (including phenoxy) is 2. The average molecular weight is 379 g/mol. The number of rotatable bonds is 4. The van der Waals surface area contributed by atoms with E-state index in [1.165, 1.54) is 7.11 Å². The minimum Gasteiger partial charge on any atom is -0.497 e. The van der Waals surface area contributed by atoms with Crippen molar-refractivity contribution in [3.8, 4) is 0 Å². The van der Waals surface area contributed by atoms with Gasteiger partial charge in [-0.3, -0.25) is 4.79 Å². The van der Waals surface area contributed by atoms with Gasteiger partial charge in [0.1, 0.15) is 12.4 Å². The molecular weight excluding hydrogens is 373 g/mol. The summed E-state index contributed by atoms with van der Waals surface area (Å²) in [6, 6.07) is 0. The lowest BCUT2D eigenvalue weighted by molar-refractivity contribution is -0.142. The maximum Gasteiger partial charge on any atom is 0.358 e. The molecule has 0 aliphatic carbocycles. The lowest BCUT2D eigenvalue weighted by atomic mass is 10.3. The van der Waals surface area contributed by atoms with Crippen LogP contribution in [0.1, 0.15) is 0 Å². The largest absolute Gasteiger partial charge is 0.497 e. The molecule has 4 nitrogen and oxygen atoms in total. The van der Waals surface area contributed by atoms with Gasteiger partial charge in [0, 0.05) is 6.08 Å². The predicted molar refractivity (Wildman–Crippen MR) is 71.6 cm³/mol. The van der Waals surface area contributed by atoms with Crippen LogP contribution in [0.25, 0.3) is 0 Å². The van der Waals surface area contributed by atoms with Crippen LogP contribution in [0.5, 0.6) is 0 Å². The predicted octanol–water partition coefficient (Wildman–Crippen LogP) is 3.37. The summed E-state index contributed by atoms with van der Waals surface area (Å²) in [6.45, 7) is -0.449. The van der Waals surface area contributed by atoms with Crippen molar-refractivity contribution in [3.63, 3.8) is 0 Å². The zero-order valence-electron chi connectivity index (χ0n) is 8.69. The number of alkyl halides is 6. The Kier molecular flexibility index (Phi) is 7.44. The second kappa shape index (κ2) is 7.27. The van der Waals surface area contributed by atoms with E-state index in [9.17, 15) is 9.59 Å². The molecule has 0 fully saturated rings. The van der Waals surface area contributed by atoms with Crippen molar-refractivity contribution in [2.24, 2.45) is 0 Å². The summed E-state index contributed by atoms with van der Waals surface area (Å²) in [6.07, 6.45) is 0.860. The molecule has 10 heteroatoms. The van der Waals surface area contributed by atoms with Crippen molar-refractivity contribution in [1.82, 2.24) is 0 Å². The molecule has 0 radical (unpaired) electrons. The van der Waals surface area contributed by atoms with Crippen LogP contribution in [0, 0.1) is 0 Å². The highest BCUT2D eigenvalue weighted by Crippen LogP contribution is 2.29. The van der Waals surface area contributed by atoms with Crippen LogP contribution in [-0.4, -0.2) is 33.1 Å². The lowest BCUT2D eigenvalue weighted by Crippen LogP contribution is -2.24. The minimum atomic E-state index is -2.22. The van der Waals surface area contributed by atoms with Gasteiger partial charge in [0.2, 0.25) is 5.78 Å². The van der Waals surface area contributed by atoms with Gasteiger partial charge >= 0.3 is 5.97 Å². The molecule has 0 unspecified atom stereocenters. The van der Waals surface area contributed by atoms with E-state index in [-0.39, 0.29) is 5.76 Å². The van der Waals surface area contributed by atoms with E-state index in [4.69, 9.17) is 74.3 Å². The van der Waals surface area contributed by atoms with Gasteiger partial charge in [-0.1, -0.05) is 69.6 Å². The Morgan fingerprint density at radius 1 is 1.06 bits per heavy atom. The Balaban J connectivity index is 4.60. The lowest BCUT2D eigenvalue weighted by Gasteiger charge is -2.12. The molecule has 18 heavy (non-hydrogen) atoms. The number of ketones is 1. The number of hydrogen-bond acceptors (Lipinski definition) is 4. The maximum absolute atomic E-state index is 11.3. The van der Waals surface area contributed by atoms with E-state index in [1.807, 2.05) is 0 Å². The van der Waals surface area contributed by atoms with Crippen LogP contribution in [0.3, 0.4) is 0 Å². The molecule has 0 saturated heterocycles. The minimum absolute atomic E-state index is 0.0751. The van der Waals surface area contributed by atoms with Gasteiger partial charge in [-0.15, -0.1) is 0 Å². The molecule has 0 aromatic rings. The van der Waals surface area contributed by atoms with Crippen molar-refractivity contribution in [3.05, 3.63) is 11.8 Å². The van der Waals surface area contributed by atoms with Crippen LogP contribution in [0.4, 0.5) is 0 Å². The molecule has 0 aromatic carbocycles. The summed E-state index contributed by atoms with van der Waals surface area (Å²) in [5.41, 5.74) is 0. The van der Waals surface area contributed by atoms with Gasteiger partial charge in [-0.05, 0) is 0 Å². The average Bonchev–Trinajstić information content (AvgIpc) is 2.20. The molecular formula is C8H6Cl6O4. The summed E-state index contributed by atoms with van der Waals surface area (Å²) < 4.78 is 4.94. The van der Waals surface area contributed by atoms with E-state index < -0.39 is 25.9 Å². The molecule has 0 saturated carbocycles. The van der Waals surface area contributed by atoms with E-state index >= 15 is 0 Å². The third-order valence-corrected chi connectivity index (χ3v) is 2.43. The Bertz CT molecular complexity index is 354. The smallest absolute Gasteiger partial charge is 0.358 e. The first-order valence-corrected chi connectivity index (χ1v) is 6.35. The highest BCUT2D eigenvalue weighted by atomic mass is 35.6. The Morgan fingerprint density at radius 3 is 1.89 bits per heavy atom. The van der Waals surface area contributed by atoms with Crippen LogP contribution < -0.4 is 0 Å². The number of halogens is 6. The number of hydrogen-bond donors (Lipinski definition) is 0. The second-order valence-corrected chi connectivity index (χ2v) is 7.31. The van der Waals surface area contributed by atoms with Crippen LogP contribution >= 0.6 is 69.6 Å². The summed E-state index contributed by atoms with van der Waals surface area (Å²) in [4.78, 5) is 22.4. The quantitative estimate of drug-likeness (QED) is 0.326. The molecule has 0 amide bonds. The first-order chi connectivity index (χ1) is 7.98. The van der Waals surface area contributed by atoms with E-state index in [0.717, 1.165) is 6.08 Å². The molecule has 0 aliphatic rings. The van der Waals surface area contributed by atoms with E-state index in [1.54, 1.807) is 0 Å². The standard InChI is InChI=1S/C8H6Cl6O4/c1-17-4(2-5(15)7(9,10)11)3-18-6(16)8(12,13)14/h2H,3H2,1H3/b4-2+. The highest BCUT2D eigenvalue weighted by Gasteiger charge is 2.33. The summed E-state index contributed by atoms with van der Waals surface area (Å²) in [5.74, 6) is -2.07. The van der Waals surface area contributed by atoms with Gasteiger partial charge in [0.15, 0.2) is 0 Å². The normalized spacial score (nSPS) is 13.2. The number of allylic oxidation sites excluding steroid dienone is 1. The van der Waals surface area contributed by atoms with Crippen LogP contribution in [0.15, 0.2) is 11.8 Å². The first-order valence-electron chi connectivity index (χ1n) is 4.08. The molecule has 0 heterocycles. The zero-order chi connectivity index (χ0) is 14.6. The number of methoxy groups -OCH3 is 1. The van der Waals surface area contributed by atoms with Gasteiger partial charge in [-0.25, -0.2) is 4.79 Å². The summed E-state index contributed by atoms with van der Waals surface area (Å²) in [7, 11) is 1.22. The summed E-state index contributed by atoms with van der Waals surface area (Å²) in [5, 5.41) is 0. The molecule has 0 rings (SSSR count). The third kappa shape index (κ3) is 7.12. The monoisotopic (exact) mass is 376 g/mol. The van der Waals surface area contributed by atoms with Crippen LogP contribution in [-0.2, 0) is 19.1 Å². The van der Waals surface area contributed by atoms with Crippen molar-refractivity contribution in [1.29, 1.82) is 0 Å². The van der Waals surface area contributed by atoms with E-state index in [2.05, 4.69) is 4.74 Å². The van der Waals surface area contributed by atoms with Gasteiger partial charge in [-0.2, -0.15) is 0 Å². The van der Waals surface area contributed by atoms with Crippen molar-refractivity contribution < 1.29 is 19.1 Å². The topological polar surface area (TPSA) is 52.6 Å². The molecule has 0 atom stereocenters. The fourth-order valence-electron chi connectivity index (χ4n) is 0.606. The summed E-state index contributed by atoms with van der Waals surface area (Å²) >= 11 is 31.8. The van der Waals surface area contributed by atoms with E-state index in [0.29, 0.717) is 0 Å². The molecule has 0 N–H and O–H groups in total. The molecule has 104 valence electrons. The van der Waals surface area contributed by atoms with Gasteiger partial charge in [0.05, 0.1) is 7.11 Å². The first kappa shape index (κ1) is 18.4. The SMILES string of the molecule is CO/C(=C/C(=O)C(Cl)(Cl)Cl)COC(=O)C(Cl)(Cl)Cl. The third-order valence-electron chi connectivity index (χ3n) is 1.41. The van der Waals surface area contributed by atoms with Gasteiger partial charge < -0.3 is 9.47 Å². The molecule has 0 spiro atoms. The number of carbonyl (C=O) groups excluding carboxylic acids is 2. The van der Waals surface area contributed by atoms with Gasteiger partial charge in [0.25, 0.3) is 7.59 Å². The Morgan fingerprint density at radius 2 is 1.56 bits per heavy atom. The highest BCUT2D eigenvalue weighted by molar-refractivity contribution is 6.77. The Hall–Kier alpha value is 0.420. The molecule has 0 aromatic heterocycles. The molecule has 0 aliphatic heterocycles. The van der Waals surface area contributed by atoms with Crippen molar-refractivity contribution in [2.75, 3.05) is 13.7 Å². The fourth-order valence-corrected chi connectivity index (χ4v) is 0.933. The number of carbonyl (C=O) groups is 2. The van der Waals surface area contributed by atoms with Crippen molar-refractivity contribution in [2.45, 2.75) is 7.59 Å². The van der Waals surface area contributed by atoms with Crippen molar-refractivity contribution >= 4 is 81.4 Å². The fraction of sp³-hybridized carbons (Fsp3) is 0.500. The second-order valence-electron chi connectivity index (χ2n) is 2.75. The van der Waals surface area contributed by atoms with Crippen LogP contribution in [0.2, 0.25) is 0 Å².